The molecule has 0 fully saturated rings. The molecule has 0 radical (unpaired) electrons. The highest BCUT2D eigenvalue weighted by Gasteiger charge is 2.25. The van der Waals surface area contributed by atoms with Gasteiger partial charge < -0.3 is 18.9 Å². The van der Waals surface area contributed by atoms with Crippen LogP contribution in [0.15, 0.2) is 121 Å². The fourth-order valence-electron chi connectivity index (χ4n) is 4.65. The number of carbonyl (C=O) groups excluding carboxylic acids is 4. The Morgan fingerprint density at radius 3 is 0.712 bits per heavy atom. The normalized spacial score (nSPS) is 10.5. The lowest BCUT2D eigenvalue weighted by Gasteiger charge is -2.11. The maximum absolute atomic E-state index is 13.4. The molecule has 0 aliphatic rings. The number of carbonyl (C=O) groups is 4. The first-order valence-electron chi connectivity index (χ1n) is 15.6. The Kier molecular flexibility index (Phi) is 12.3. The molecule has 0 aliphatic heterocycles. The molecule has 8 nitrogen and oxygen atoms in total. The zero-order chi connectivity index (χ0) is 37.0. The Bertz CT molecular complexity index is 1880. The largest absolute Gasteiger partial charge is 0.457 e. The number of benzene rings is 5. The Morgan fingerprint density at radius 1 is 0.327 bits per heavy atom. The highest BCUT2D eigenvalue weighted by Crippen LogP contribution is 2.13. The van der Waals surface area contributed by atoms with Crippen LogP contribution in [-0.2, 0) is 64.6 Å². The number of rotatable bonds is 12. The molecule has 0 saturated carbocycles. The highest BCUT2D eigenvalue weighted by atomic mass is 19.1. The van der Waals surface area contributed by atoms with E-state index in [1.165, 1.54) is 121 Å². The van der Waals surface area contributed by atoms with Crippen LogP contribution in [0.25, 0.3) is 11.1 Å². The van der Waals surface area contributed by atoms with E-state index in [1.807, 2.05) is 0 Å². The number of hydrogen-bond acceptors (Lipinski definition) is 8. The van der Waals surface area contributed by atoms with Gasteiger partial charge >= 0.3 is 23.9 Å². The van der Waals surface area contributed by atoms with Crippen LogP contribution in [0.5, 0.6) is 0 Å². The fraction of sp³-hybridized carbons (Fsp3) is 0.100. The van der Waals surface area contributed by atoms with E-state index in [0.717, 1.165) is 0 Å². The molecule has 0 heterocycles. The summed E-state index contributed by atoms with van der Waals surface area (Å²) in [6, 6.07) is 25.6. The Labute approximate surface area is 294 Å². The van der Waals surface area contributed by atoms with Crippen LogP contribution in [0.1, 0.15) is 22.3 Å². The van der Waals surface area contributed by atoms with E-state index in [2.05, 4.69) is 0 Å². The minimum absolute atomic E-state index is 0.0179. The van der Waals surface area contributed by atoms with Gasteiger partial charge in [-0.05, 0) is 81.2 Å². The second-order valence-electron chi connectivity index (χ2n) is 11.1. The first-order chi connectivity index (χ1) is 25.0. The molecule has 0 bridgehead atoms. The van der Waals surface area contributed by atoms with Gasteiger partial charge in [0, 0.05) is 0 Å². The zero-order valence-corrected chi connectivity index (χ0v) is 27.2. The van der Waals surface area contributed by atoms with Gasteiger partial charge in [0.05, 0.1) is 0 Å². The molecule has 12 heteroatoms. The topological polar surface area (TPSA) is 105 Å². The minimum atomic E-state index is -1.09. The van der Waals surface area contributed by atoms with Gasteiger partial charge in [0.15, 0.2) is 11.1 Å². The lowest BCUT2D eigenvalue weighted by atomic mass is 10.1. The molecule has 0 N–H and O–H groups in total. The first-order valence-corrected chi connectivity index (χ1v) is 15.6. The lowest BCUT2D eigenvalue weighted by Crippen LogP contribution is -2.28. The third kappa shape index (κ3) is 10.2. The molecular formula is C40H28F4O8. The molecular weight excluding hydrogens is 684 g/mol. The summed E-state index contributed by atoms with van der Waals surface area (Å²) < 4.78 is 74.8. The Balaban J connectivity index is 1.48. The molecule has 0 spiro atoms. The van der Waals surface area contributed by atoms with Crippen molar-refractivity contribution < 1.29 is 55.7 Å². The van der Waals surface area contributed by atoms with Gasteiger partial charge in [-0.1, -0.05) is 72.8 Å². The SMILES string of the molecule is O=C(OCc1ccc(F)cc1)C(C(=O)OCc1ccc(F)cc1)=c1ccc(=C(C(=O)OCc2ccc(F)cc2)C(=O)OCc2ccc(F)cc2)cc1. The van der Waals surface area contributed by atoms with Crippen LogP contribution in [-0.4, -0.2) is 23.9 Å². The summed E-state index contributed by atoms with van der Waals surface area (Å²) in [5, 5.41) is -0.0358. The Hall–Kier alpha value is -6.56. The smallest absolute Gasteiger partial charge is 0.346 e. The van der Waals surface area contributed by atoms with Gasteiger partial charge in [-0.15, -0.1) is 0 Å². The molecule has 0 saturated heterocycles. The van der Waals surface area contributed by atoms with Crippen molar-refractivity contribution in [3.8, 4) is 0 Å². The maximum Gasteiger partial charge on any atom is 0.346 e. The van der Waals surface area contributed by atoms with Crippen molar-refractivity contribution in [2.75, 3.05) is 0 Å². The Morgan fingerprint density at radius 2 is 0.519 bits per heavy atom. The minimum Gasteiger partial charge on any atom is -0.457 e. The van der Waals surface area contributed by atoms with Crippen molar-refractivity contribution in [3.05, 3.63) is 177 Å². The van der Waals surface area contributed by atoms with Crippen molar-refractivity contribution >= 4 is 35.0 Å². The second-order valence-corrected chi connectivity index (χ2v) is 11.1. The van der Waals surface area contributed by atoms with E-state index >= 15 is 0 Å². The van der Waals surface area contributed by atoms with Crippen LogP contribution in [0.2, 0.25) is 0 Å². The van der Waals surface area contributed by atoms with Gasteiger partial charge in [0.2, 0.25) is 0 Å². The molecule has 5 aromatic rings. The molecule has 52 heavy (non-hydrogen) atoms. The molecule has 0 aliphatic carbocycles. The predicted octanol–water partition coefficient (Wildman–Crippen LogP) is 5.52. The van der Waals surface area contributed by atoms with Crippen LogP contribution >= 0.6 is 0 Å². The van der Waals surface area contributed by atoms with E-state index in [4.69, 9.17) is 18.9 Å². The number of hydrogen-bond donors (Lipinski definition) is 0. The molecule has 5 aromatic carbocycles. The number of halogens is 4. The van der Waals surface area contributed by atoms with Gasteiger partial charge in [0.25, 0.3) is 0 Å². The summed E-state index contributed by atoms with van der Waals surface area (Å²) in [5.41, 5.74) is 0.636. The third-order valence-electron chi connectivity index (χ3n) is 7.41. The summed E-state index contributed by atoms with van der Waals surface area (Å²) in [5.74, 6) is -6.37. The summed E-state index contributed by atoms with van der Waals surface area (Å²) in [6.45, 7) is -1.26. The van der Waals surface area contributed by atoms with Crippen molar-refractivity contribution in [3.63, 3.8) is 0 Å². The molecule has 264 valence electrons. The van der Waals surface area contributed by atoms with Crippen molar-refractivity contribution in [1.82, 2.24) is 0 Å². The van der Waals surface area contributed by atoms with E-state index in [-0.39, 0.29) is 36.9 Å². The highest BCUT2D eigenvalue weighted by molar-refractivity contribution is 6.37. The molecule has 0 aromatic heterocycles. The van der Waals surface area contributed by atoms with Crippen LogP contribution < -0.4 is 10.4 Å². The van der Waals surface area contributed by atoms with Crippen molar-refractivity contribution in [2.24, 2.45) is 0 Å². The standard InChI is InChI=1S/C40H28F4O8/c41-31-13-1-25(2-14-31)21-49-37(45)35(38(46)50-22-26-3-15-32(42)16-4-26)29-9-11-30(12-10-29)36(39(47)51-23-27-5-17-33(43)18-6-27)40(48)52-24-28-7-19-34(44)20-8-28/h1-20H,21-24H2. The first kappa shape index (κ1) is 36.7. The average Bonchev–Trinajstić information content (AvgIpc) is 3.14. The summed E-state index contributed by atoms with van der Waals surface area (Å²) in [6.07, 6.45) is 0. The number of esters is 4. The van der Waals surface area contributed by atoms with Gasteiger partial charge in [-0.25, -0.2) is 36.7 Å². The number of ether oxygens (including phenoxy) is 4. The van der Waals surface area contributed by atoms with E-state index in [9.17, 15) is 36.7 Å². The summed E-state index contributed by atoms with van der Waals surface area (Å²) in [4.78, 5) is 53.3. The quantitative estimate of drug-likeness (QED) is 0.0722. The van der Waals surface area contributed by atoms with Crippen LogP contribution in [0, 0.1) is 23.3 Å². The molecule has 0 unspecified atom stereocenters. The van der Waals surface area contributed by atoms with E-state index in [0.29, 0.717) is 22.3 Å². The van der Waals surface area contributed by atoms with E-state index in [1.54, 1.807) is 0 Å². The third-order valence-corrected chi connectivity index (χ3v) is 7.41. The maximum atomic E-state index is 13.4. The molecule has 0 atom stereocenters. The van der Waals surface area contributed by atoms with Crippen molar-refractivity contribution in [1.29, 1.82) is 0 Å². The van der Waals surface area contributed by atoms with Crippen LogP contribution in [0.4, 0.5) is 17.6 Å². The monoisotopic (exact) mass is 712 g/mol. The molecule has 0 amide bonds. The second kappa shape index (κ2) is 17.4. The molecule has 5 rings (SSSR count). The summed E-state index contributed by atoms with van der Waals surface area (Å²) >= 11 is 0. The van der Waals surface area contributed by atoms with Gasteiger partial charge in [-0.3, -0.25) is 0 Å². The van der Waals surface area contributed by atoms with E-state index < -0.39 is 58.3 Å². The van der Waals surface area contributed by atoms with Gasteiger partial charge in [-0.2, -0.15) is 0 Å². The zero-order valence-electron chi connectivity index (χ0n) is 27.2. The average molecular weight is 713 g/mol. The van der Waals surface area contributed by atoms with Crippen LogP contribution in [0.3, 0.4) is 0 Å². The van der Waals surface area contributed by atoms with Gasteiger partial charge in [0.1, 0.15) is 49.7 Å². The van der Waals surface area contributed by atoms with Crippen molar-refractivity contribution in [2.45, 2.75) is 26.4 Å². The predicted molar refractivity (Wildman–Crippen MR) is 177 cm³/mol. The lowest BCUT2D eigenvalue weighted by molar-refractivity contribution is -0.146. The summed E-state index contributed by atoms with van der Waals surface area (Å²) in [7, 11) is 0. The fourth-order valence-corrected chi connectivity index (χ4v) is 4.65.